The van der Waals surface area contributed by atoms with E-state index in [4.69, 9.17) is 0 Å². The number of hydrogen-bond donors (Lipinski definition) is 0. The highest BCUT2D eigenvalue weighted by molar-refractivity contribution is 5.69. The van der Waals surface area contributed by atoms with Gasteiger partial charge in [0.05, 0.1) is 0 Å². The third kappa shape index (κ3) is 2.48. The van der Waals surface area contributed by atoms with Crippen LogP contribution in [0.2, 0.25) is 0 Å². The van der Waals surface area contributed by atoms with Crippen molar-refractivity contribution in [3.05, 3.63) is 52.8 Å². The van der Waals surface area contributed by atoms with Crippen LogP contribution < -0.4 is 0 Å². The van der Waals surface area contributed by atoms with Crippen molar-refractivity contribution in [3.8, 4) is 0 Å². The van der Waals surface area contributed by atoms with Crippen molar-refractivity contribution in [1.82, 2.24) is 0 Å². The maximum absolute atomic E-state index is 3.13. The van der Waals surface area contributed by atoms with Gasteiger partial charge >= 0.3 is 0 Å². The predicted octanol–water partition coefficient (Wildman–Crippen LogP) is 4.30. The van der Waals surface area contributed by atoms with Gasteiger partial charge in [-0.25, -0.2) is 0 Å². The summed E-state index contributed by atoms with van der Waals surface area (Å²) < 4.78 is 0. The van der Waals surface area contributed by atoms with E-state index in [0.717, 1.165) is 0 Å². The maximum atomic E-state index is 3.13. The van der Waals surface area contributed by atoms with Crippen LogP contribution in [0.3, 0.4) is 0 Å². The zero-order chi connectivity index (χ0) is 10.4. The highest BCUT2D eigenvalue weighted by Crippen LogP contribution is 2.16. The molecule has 0 unspecified atom stereocenters. The van der Waals surface area contributed by atoms with Crippen molar-refractivity contribution in [3.63, 3.8) is 0 Å². The lowest BCUT2D eigenvalue weighted by Gasteiger charge is -1.97. The zero-order valence-electron chi connectivity index (χ0n) is 9.04. The molecule has 0 atom stereocenters. The summed E-state index contributed by atoms with van der Waals surface area (Å²) in [6.07, 6.45) is 6.19. The van der Waals surface area contributed by atoms with Crippen LogP contribution in [-0.4, -0.2) is 0 Å². The molecule has 0 radical (unpaired) electrons. The van der Waals surface area contributed by atoms with E-state index in [9.17, 15) is 0 Å². The number of allylic oxidation sites excluding steroid dienone is 2. The summed E-state index contributed by atoms with van der Waals surface area (Å²) >= 11 is 0. The third-order valence-corrected chi connectivity index (χ3v) is 1.93. The molecule has 1 aromatic rings. The Bertz CT molecular complexity index is 388. The summed E-state index contributed by atoms with van der Waals surface area (Å²) in [6.45, 7) is 6.09. The fourth-order valence-electron chi connectivity index (χ4n) is 1.32. The first-order valence-corrected chi connectivity index (χ1v) is 5.06. The smallest absolute Gasteiger partial charge is 0.0107 e. The second-order valence-electron chi connectivity index (χ2n) is 2.97. The van der Waals surface area contributed by atoms with Gasteiger partial charge in [-0.2, -0.15) is 0 Å². The molecule has 0 saturated carbocycles. The molecule has 0 aromatic heterocycles. The van der Waals surface area contributed by atoms with E-state index in [-0.39, 0.29) is 0 Å². The average molecular weight is 184 g/mol. The van der Waals surface area contributed by atoms with E-state index in [1.54, 1.807) is 0 Å². The molecule has 1 aliphatic carbocycles. The minimum Gasteiger partial charge on any atom is -0.120 e. The van der Waals surface area contributed by atoms with Crippen LogP contribution in [0.4, 0.5) is 0 Å². The quantitative estimate of drug-likeness (QED) is 0.527. The molecule has 1 aromatic carbocycles. The van der Waals surface area contributed by atoms with Crippen LogP contribution in [0.1, 0.15) is 31.9 Å². The zero-order valence-corrected chi connectivity index (χ0v) is 9.04. The molecule has 2 rings (SSSR count). The van der Waals surface area contributed by atoms with Gasteiger partial charge in [0.25, 0.3) is 0 Å². The van der Waals surface area contributed by atoms with E-state index in [1.807, 2.05) is 32.1 Å². The molecule has 0 amide bonds. The molecule has 0 aliphatic heterocycles. The minimum absolute atomic E-state index is 1.24. The Labute approximate surface area is 86.3 Å². The fourth-order valence-corrected chi connectivity index (χ4v) is 1.32. The Balaban J connectivity index is 0.000000461. The molecule has 0 N–H and O–H groups in total. The van der Waals surface area contributed by atoms with Gasteiger partial charge in [-0.05, 0) is 35.8 Å². The first kappa shape index (κ1) is 10.6. The monoisotopic (exact) mass is 184 g/mol. The van der Waals surface area contributed by atoms with Gasteiger partial charge in [0.15, 0.2) is 0 Å². The molecule has 0 fully saturated rings. The number of hydrogen-bond acceptors (Lipinski definition) is 0. The SMILES string of the molecule is CC.CC1=Cc2ccccc2C=C=C1. The molecule has 72 valence electrons. The van der Waals surface area contributed by atoms with Gasteiger partial charge in [0.2, 0.25) is 0 Å². The van der Waals surface area contributed by atoms with Gasteiger partial charge in [0.1, 0.15) is 0 Å². The van der Waals surface area contributed by atoms with Gasteiger partial charge in [-0.3, -0.25) is 0 Å². The van der Waals surface area contributed by atoms with Gasteiger partial charge in [-0.15, -0.1) is 5.73 Å². The number of benzene rings is 1. The third-order valence-electron chi connectivity index (χ3n) is 1.93. The Morgan fingerprint density at radius 1 is 0.929 bits per heavy atom. The molecule has 0 spiro atoms. The van der Waals surface area contributed by atoms with Gasteiger partial charge < -0.3 is 0 Å². The summed E-state index contributed by atoms with van der Waals surface area (Å²) in [7, 11) is 0. The van der Waals surface area contributed by atoms with Crippen molar-refractivity contribution in [2.24, 2.45) is 0 Å². The highest BCUT2D eigenvalue weighted by atomic mass is 14.0. The lowest BCUT2D eigenvalue weighted by atomic mass is 10.1. The van der Waals surface area contributed by atoms with Crippen molar-refractivity contribution in [1.29, 1.82) is 0 Å². The predicted molar refractivity (Wildman–Crippen MR) is 64.0 cm³/mol. The second-order valence-corrected chi connectivity index (χ2v) is 2.97. The molecule has 0 heteroatoms. The van der Waals surface area contributed by atoms with E-state index in [0.29, 0.717) is 0 Å². The maximum Gasteiger partial charge on any atom is -0.0107 e. The first-order valence-electron chi connectivity index (χ1n) is 5.06. The lowest BCUT2D eigenvalue weighted by molar-refractivity contribution is 1.50. The highest BCUT2D eigenvalue weighted by Gasteiger charge is 1.96. The first-order chi connectivity index (χ1) is 6.86. The minimum atomic E-state index is 1.24. The normalized spacial score (nSPS) is 12.1. The van der Waals surface area contributed by atoms with Gasteiger partial charge in [-0.1, -0.05) is 44.2 Å². The summed E-state index contributed by atoms with van der Waals surface area (Å²) in [5.74, 6) is 0. The summed E-state index contributed by atoms with van der Waals surface area (Å²) in [6, 6.07) is 8.33. The molecule has 0 nitrogen and oxygen atoms in total. The van der Waals surface area contributed by atoms with Crippen molar-refractivity contribution in [2.75, 3.05) is 0 Å². The molecular formula is C14H16. The Morgan fingerprint density at radius 2 is 1.57 bits per heavy atom. The molecule has 0 saturated heterocycles. The van der Waals surface area contributed by atoms with Crippen LogP contribution >= 0.6 is 0 Å². The summed E-state index contributed by atoms with van der Waals surface area (Å²) in [5.41, 5.74) is 6.90. The lowest BCUT2D eigenvalue weighted by Crippen LogP contribution is -1.77. The van der Waals surface area contributed by atoms with E-state index in [2.05, 4.69) is 36.9 Å². The van der Waals surface area contributed by atoms with E-state index in [1.165, 1.54) is 16.7 Å². The summed E-state index contributed by atoms with van der Waals surface area (Å²) in [5, 5.41) is 0. The van der Waals surface area contributed by atoms with Crippen LogP contribution in [0.25, 0.3) is 12.2 Å². The van der Waals surface area contributed by atoms with Crippen LogP contribution in [0.15, 0.2) is 41.6 Å². The Kier molecular flexibility index (Phi) is 3.97. The standard InChI is InChI=1S/C12H10.C2H6/c1-10-5-4-8-11-6-2-3-7-12(11)9-10;1-2/h2-3,5-9H,1H3;1-2H3. The van der Waals surface area contributed by atoms with E-state index < -0.39 is 0 Å². The number of rotatable bonds is 0. The second kappa shape index (κ2) is 5.26. The summed E-state index contributed by atoms with van der Waals surface area (Å²) in [4.78, 5) is 0. The van der Waals surface area contributed by atoms with Crippen molar-refractivity contribution < 1.29 is 0 Å². The molecule has 14 heavy (non-hydrogen) atoms. The topological polar surface area (TPSA) is 0 Å². The molecule has 0 bridgehead atoms. The fraction of sp³-hybridized carbons (Fsp3) is 0.214. The van der Waals surface area contributed by atoms with Crippen molar-refractivity contribution >= 4 is 12.2 Å². The Hall–Kier alpha value is -1.52. The Morgan fingerprint density at radius 3 is 2.29 bits per heavy atom. The molecule has 0 heterocycles. The van der Waals surface area contributed by atoms with E-state index >= 15 is 0 Å². The van der Waals surface area contributed by atoms with Crippen LogP contribution in [0.5, 0.6) is 0 Å². The van der Waals surface area contributed by atoms with Crippen LogP contribution in [-0.2, 0) is 0 Å². The molecular weight excluding hydrogens is 168 g/mol. The average Bonchev–Trinajstić information content (AvgIpc) is 2.41. The molecule has 1 aliphatic rings. The van der Waals surface area contributed by atoms with Crippen molar-refractivity contribution in [2.45, 2.75) is 20.8 Å². The largest absolute Gasteiger partial charge is 0.120 e. The number of fused-ring (bicyclic) bond motifs is 1. The van der Waals surface area contributed by atoms with Gasteiger partial charge in [0, 0.05) is 0 Å². The van der Waals surface area contributed by atoms with Crippen LogP contribution in [0, 0.1) is 0 Å².